The number of nitrogens with zero attached hydrogens (tertiary/aromatic N) is 1. The highest BCUT2D eigenvalue weighted by molar-refractivity contribution is 5.67. The Balaban J connectivity index is 1.64. The maximum absolute atomic E-state index is 13.1. The second-order valence-electron chi connectivity index (χ2n) is 5.94. The van der Waals surface area contributed by atoms with Crippen molar-refractivity contribution in [1.29, 1.82) is 0 Å². The van der Waals surface area contributed by atoms with Gasteiger partial charge in [0.05, 0.1) is 12.7 Å². The molecule has 1 aliphatic heterocycles. The number of carbonyl (C=O) groups is 1. The van der Waals surface area contributed by atoms with Crippen molar-refractivity contribution in [3.8, 4) is 11.1 Å². The lowest BCUT2D eigenvalue weighted by Crippen LogP contribution is -2.40. The van der Waals surface area contributed by atoms with Crippen molar-refractivity contribution in [2.45, 2.75) is 25.6 Å². The molecule has 126 valence electrons. The third-order valence-corrected chi connectivity index (χ3v) is 4.36. The summed E-state index contributed by atoms with van der Waals surface area (Å²) < 4.78 is 19.1. The van der Waals surface area contributed by atoms with Crippen molar-refractivity contribution in [1.82, 2.24) is 4.90 Å². The summed E-state index contributed by atoms with van der Waals surface area (Å²) in [4.78, 5) is 12.3. The van der Waals surface area contributed by atoms with Gasteiger partial charge in [0, 0.05) is 13.1 Å². The van der Waals surface area contributed by atoms with Crippen molar-refractivity contribution < 1.29 is 19.0 Å². The van der Waals surface area contributed by atoms with Crippen LogP contribution in [0.5, 0.6) is 0 Å². The molecule has 0 aromatic heterocycles. The molecule has 2 aromatic carbocycles. The number of benzene rings is 2. The van der Waals surface area contributed by atoms with Gasteiger partial charge >= 0.3 is 6.09 Å². The molecule has 0 radical (unpaired) electrons. The third-order valence-electron chi connectivity index (χ3n) is 4.36. The lowest BCUT2D eigenvalue weighted by Gasteiger charge is -2.30. The fourth-order valence-electron chi connectivity index (χ4n) is 2.98. The molecule has 24 heavy (non-hydrogen) atoms. The molecule has 1 fully saturated rings. The first-order valence-corrected chi connectivity index (χ1v) is 8.07. The van der Waals surface area contributed by atoms with Gasteiger partial charge in [-0.2, -0.15) is 0 Å². The van der Waals surface area contributed by atoms with E-state index in [0.717, 1.165) is 16.7 Å². The molecule has 0 unspecified atom stereocenters. The van der Waals surface area contributed by atoms with E-state index in [-0.39, 0.29) is 11.9 Å². The largest absolute Gasteiger partial charge is 0.465 e. The van der Waals surface area contributed by atoms with E-state index in [1.54, 1.807) is 12.1 Å². The van der Waals surface area contributed by atoms with E-state index < -0.39 is 6.09 Å². The van der Waals surface area contributed by atoms with Crippen LogP contribution in [0.3, 0.4) is 0 Å². The molecule has 1 saturated heterocycles. The Morgan fingerprint density at radius 2 is 1.79 bits per heavy atom. The Morgan fingerprint density at radius 3 is 2.46 bits per heavy atom. The molecule has 1 heterocycles. The smallest absolute Gasteiger partial charge is 0.407 e. The highest BCUT2D eigenvalue weighted by atomic mass is 19.1. The Bertz CT molecular complexity index is 694. The highest BCUT2D eigenvalue weighted by Crippen LogP contribution is 2.25. The molecule has 0 aliphatic carbocycles. The zero-order valence-electron chi connectivity index (χ0n) is 13.3. The molecule has 1 aliphatic rings. The molecule has 3 rings (SSSR count). The summed E-state index contributed by atoms with van der Waals surface area (Å²) in [5, 5.41) is 8.97. The Morgan fingerprint density at radius 1 is 1.12 bits per heavy atom. The highest BCUT2D eigenvalue weighted by Gasteiger charge is 2.22. The SMILES string of the molecule is O=C(O)N1CCC(OCc2ccccc2-c2ccc(F)cc2)CC1. The minimum absolute atomic E-state index is 0.0712. The van der Waals surface area contributed by atoms with E-state index in [2.05, 4.69) is 0 Å². The van der Waals surface area contributed by atoms with Crippen molar-refractivity contribution >= 4 is 6.09 Å². The summed E-state index contributed by atoms with van der Waals surface area (Å²) >= 11 is 0. The average Bonchev–Trinajstić information content (AvgIpc) is 2.61. The second kappa shape index (κ2) is 7.45. The number of piperidine rings is 1. The van der Waals surface area contributed by atoms with Crippen molar-refractivity contribution in [2.75, 3.05) is 13.1 Å². The Kier molecular flexibility index (Phi) is 5.11. The number of hydrogen-bond donors (Lipinski definition) is 1. The van der Waals surface area contributed by atoms with Crippen molar-refractivity contribution in [2.24, 2.45) is 0 Å². The summed E-state index contributed by atoms with van der Waals surface area (Å²) in [5.74, 6) is -0.252. The summed E-state index contributed by atoms with van der Waals surface area (Å²) in [6.07, 6.45) is 0.632. The normalized spacial score (nSPS) is 15.5. The summed E-state index contributed by atoms with van der Waals surface area (Å²) in [6.45, 7) is 1.49. The topological polar surface area (TPSA) is 49.8 Å². The summed E-state index contributed by atoms with van der Waals surface area (Å²) in [5.41, 5.74) is 3.03. The molecule has 2 aromatic rings. The standard InChI is InChI=1S/C19H20FNO3/c20-16-7-5-14(6-8-16)18-4-2-1-3-15(18)13-24-17-9-11-21(12-10-17)19(22)23/h1-8,17H,9-13H2,(H,22,23). The first-order valence-electron chi connectivity index (χ1n) is 8.07. The van der Waals surface area contributed by atoms with Crippen LogP contribution in [0.4, 0.5) is 9.18 Å². The van der Waals surface area contributed by atoms with Gasteiger partial charge in [0.1, 0.15) is 5.82 Å². The molecule has 0 bridgehead atoms. The van der Waals surface area contributed by atoms with Gasteiger partial charge in [0.15, 0.2) is 0 Å². The van der Waals surface area contributed by atoms with Crippen LogP contribution in [0.2, 0.25) is 0 Å². The number of amides is 1. The maximum atomic E-state index is 13.1. The van der Waals surface area contributed by atoms with Crippen molar-refractivity contribution in [3.05, 3.63) is 59.9 Å². The maximum Gasteiger partial charge on any atom is 0.407 e. The molecular formula is C19H20FNO3. The molecule has 4 nitrogen and oxygen atoms in total. The minimum atomic E-state index is -0.866. The van der Waals surface area contributed by atoms with Gasteiger partial charge in [-0.15, -0.1) is 0 Å². The van der Waals surface area contributed by atoms with Crippen LogP contribution in [0.15, 0.2) is 48.5 Å². The predicted molar refractivity (Wildman–Crippen MR) is 89.2 cm³/mol. The lowest BCUT2D eigenvalue weighted by atomic mass is 10.00. The van der Waals surface area contributed by atoms with E-state index in [4.69, 9.17) is 9.84 Å². The van der Waals surface area contributed by atoms with Crippen LogP contribution in [0.1, 0.15) is 18.4 Å². The van der Waals surface area contributed by atoms with Gasteiger partial charge in [0.25, 0.3) is 0 Å². The van der Waals surface area contributed by atoms with Crippen LogP contribution in [0.25, 0.3) is 11.1 Å². The van der Waals surface area contributed by atoms with Gasteiger partial charge in [-0.25, -0.2) is 9.18 Å². The number of carboxylic acid groups (broad SMARTS) is 1. The molecular weight excluding hydrogens is 309 g/mol. The molecule has 1 N–H and O–H groups in total. The molecule has 0 atom stereocenters. The first-order chi connectivity index (χ1) is 11.6. The van der Waals surface area contributed by atoms with Gasteiger partial charge in [-0.05, 0) is 41.7 Å². The van der Waals surface area contributed by atoms with E-state index in [0.29, 0.717) is 32.5 Å². The van der Waals surface area contributed by atoms with E-state index >= 15 is 0 Å². The Labute approximate surface area is 140 Å². The monoisotopic (exact) mass is 329 g/mol. The molecule has 5 heteroatoms. The number of hydrogen-bond acceptors (Lipinski definition) is 2. The second-order valence-corrected chi connectivity index (χ2v) is 5.94. The van der Waals surface area contributed by atoms with Crippen LogP contribution < -0.4 is 0 Å². The zero-order valence-corrected chi connectivity index (χ0v) is 13.3. The van der Waals surface area contributed by atoms with Crippen molar-refractivity contribution in [3.63, 3.8) is 0 Å². The van der Waals surface area contributed by atoms with Crippen LogP contribution in [-0.4, -0.2) is 35.3 Å². The summed E-state index contributed by atoms with van der Waals surface area (Å²) in [7, 11) is 0. The number of rotatable bonds is 4. The fraction of sp³-hybridized carbons (Fsp3) is 0.316. The first kappa shape index (κ1) is 16.5. The van der Waals surface area contributed by atoms with Gasteiger partial charge in [0.2, 0.25) is 0 Å². The number of likely N-dealkylation sites (tertiary alicyclic amines) is 1. The van der Waals surface area contributed by atoms with Crippen LogP contribution in [-0.2, 0) is 11.3 Å². The third kappa shape index (κ3) is 3.92. The summed E-state index contributed by atoms with van der Waals surface area (Å²) in [6, 6.07) is 14.3. The van der Waals surface area contributed by atoms with E-state index in [1.807, 2.05) is 24.3 Å². The quantitative estimate of drug-likeness (QED) is 0.916. The molecule has 1 amide bonds. The van der Waals surface area contributed by atoms with Crippen LogP contribution in [0, 0.1) is 5.82 Å². The number of halogens is 1. The lowest BCUT2D eigenvalue weighted by molar-refractivity contribution is 0.000543. The fourth-order valence-corrected chi connectivity index (χ4v) is 2.98. The number of ether oxygens (including phenoxy) is 1. The molecule has 0 saturated carbocycles. The van der Waals surface area contributed by atoms with Gasteiger partial charge in [-0.1, -0.05) is 36.4 Å². The zero-order chi connectivity index (χ0) is 16.9. The minimum Gasteiger partial charge on any atom is -0.465 e. The van der Waals surface area contributed by atoms with Crippen LogP contribution >= 0.6 is 0 Å². The molecule has 0 spiro atoms. The van der Waals surface area contributed by atoms with Gasteiger partial charge in [-0.3, -0.25) is 0 Å². The predicted octanol–water partition coefficient (Wildman–Crippen LogP) is 4.15. The van der Waals surface area contributed by atoms with E-state index in [9.17, 15) is 9.18 Å². The Hall–Kier alpha value is -2.40. The van der Waals surface area contributed by atoms with Gasteiger partial charge < -0.3 is 14.7 Å². The van der Waals surface area contributed by atoms with E-state index in [1.165, 1.54) is 17.0 Å². The average molecular weight is 329 g/mol.